The van der Waals surface area contributed by atoms with Gasteiger partial charge in [0.05, 0.1) is 24.2 Å². The van der Waals surface area contributed by atoms with Gasteiger partial charge in [-0.15, -0.1) is 10.2 Å². The van der Waals surface area contributed by atoms with Gasteiger partial charge in [0.2, 0.25) is 5.89 Å². The summed E-state index contributed by atoms with van der Waals surface area (Å²) in [4.78, 5) is 30.8. The van der Waals surface area contributed by atoms with Crippen LogP contribution in [0.4, 0.5) is 20.3 Å². The summed E-state index contributed by atoms with van der Waals surface area (Å²) in [6, 6.07) is 7.62. The molecule has 3 unspecified atom stereocenters. The van der Waals surface area contributed by atoms with Gasteiger partial charge >= 0.3 is 17.8 Å². The Morgan fingerprint density at radius 3 is 2.50 bits per heavy atom. The van der Waals surface area contributed by atoms with Gasteiger partial charge in [-0.1, -0.05) is 6.07 Å². The number of piperidine rings is 1. The SMILES string of the molecule is O=C(Nc1ccc(N2C3CCC2CC2(C3)CC2C(=O)O)nc1)c1nnc(Cc2ccc(F)c(F)c2)o1. The molecule has 1 aromatic carbocycles. The molecule has 6 rings (SSSR count). The molecule has 3 aliphatic rings. The lowest BCUT2D eigenvalue weighted by molar-refractivity contribution is -0.139. The fourth-order valence-electron chi connectivity index (χ4n) is 5.94. The largest absolute Gasteiger partial charge is 0.481 e. The lowest BCUT2D eigenvalue weighted by atomic mass is 9.85. The van der Waals surface area contributed by atoms with Crippen molar-refractivity contribution in [1.29, 1.82) is 0 Å². The standard InChI is InChI=1S/C25H23F2N5O4/c26-18-5-1-13(7-19(18)27)8-21-30-31-23(36-21)22(33)29-14-2-6-20(28-12-14)32-15-3-4-16(32)10-25(9-15)11-17(25)24(34)35/h1-2,5-7,12,15-17H,3-4,8-11H2,(H,29,33)(H,34,35). The molecule has 36 heavy (non-hydrogen) atoms. The minimum absolute atomic E-state index is 0.0458. The molecule has 1 aliphatic carbocycles. The average molecular weight is 495 g/mol. The first-order chi connectivity index (χ1) is 17.3. The molecule has 9 nitrogen and oxygen atoms in total. The maximum absolute atomic E-state index is 13.4. The molecule has 2 aliphatic heterocycles. The first-order valence-electron chi connectivity index (χ1n) is 11.9. The van der Waals surface area contributed by atoms with Crippen molar-refractivity contribution in [1.82, 2.24) is 15.2 Å². The quantitative estimate of drug-likeness (QED) is 0.530. The number of nitrogens with zero attached hydrogens (tertiary/aromatic N) is 4. The number of carboxylic acids is 1. The number of hydrogen-bond donors (Lipinski definition) is 2. The first kappa shape index (κ1) is 22.6. The van der Waals surface area contributed by atoms with Crippen LogP contribution < -0.4 is 10.2 Å². The van der Waals surface area contributed by atoms with Crippen LogP contribution in [0.1, 0.15) is 54.2 Å². The molecule has 3 aromatic rings. The van der Waals surface area contributed by atoms with E-state index in [2.05, 4.69) is 25.4 Å². The molecule has 3 atom stereocenters. The number of carbonyl (C=O) groups excluding carboxylic acids is 1. The summed E-state index contributed by atoms with van der Waals surface area (Å²) < 4.78 is 31.9. The molecular formula is C25H23F2N5O4. The van der Waals surface area contributed by atoms with Crippen LogP contribution >= 0.6 is 0 Å². The van der Waals surface area contributed by atoms with Crippen molar-refractivity contribution >= 4 is 23.4 Å². The minimum atomic E-state index is -0.977. The van der Waals surface area contributed by atoms with Gasteiger partial charge in [0.15, 0.2) is 11.6 Å². The van der Waals surface area contributed by atoms with E-state index in [1.165, 1.54) is 6.07 Å². The Bertz CT molecular complexity index is 1330. The number of nitrogens with one attached hydrogen (secondary N) is 1. The van der Waals surface area contributed by atoms with Crippen LogP contribution in [-0.4, -0.2) is 44.2 Å². The molecular weight excluding hydrogens is 472 g/mol. The number of aromatic nitrogens is 3. The van der Waals surface area contributed by atoms with E-state index in [0.29, 0.717) is 11.3 Å². The zero-order chi connectivity index (χ0) is 25.0. The predicted molar refractivity (Wildman–Crippen MR) is 122 cm³/mol. The summed E-state index contributed by atoms with van der Waals surface area (Å²) in [6.45, 7) is 0. The Morgan fingerprint density at radius 1 is 1.08 bits per heavy atom. The Kier molecular flexibility index (Phi) is 5.24. The molecule has 3 fully saturated rings. The Balaban J connectivity index is 1.09. The van der Waals surface area contributed by atoms with Crippen molar-refractivity contribution in [2.45, 2.75) is 50.6 Å². The Labute approximate surface area is 204 Å². The van der Waals surface area contributed by atoms with E-state index in [1.54, 1.807) is 12.3 Å². The number of carboxylic acid groups (broad SMARTS) is 1. The van der Waals surface area contributed by atoms with Gasteiger partial charge in [0, 0.05) is 12.1 Å². The molecule has 1 spiro atoms. The van der Waals surface area contributed by atoms with Crippen molar-refractivity contribution in [3.63, 3.8) is 0 Å². The molecule has 11 heteroatoms. The van der Waals surface area contributed by atoms with Crippen LogP contribution in [0.15, 0.2) is 40.9 Å². The lowest BCUT2D eigenvalue weighted by Gasteiger charge is -2.40. The number of carbonyl (C=O) groups is 2. The summed E-state index contributed by atoms with van der Waals surface area (Å²) in [7, 11) is 0. The van der Waals surface area contributed by atoms with Gasteiger partial charge in [-0.25, -0.2) is 13.8 Å². The van der Waals surface area contributed by atoms with Crippen LogP contribution in [0.5, 0.6) is 0 Å². The second kappa shape index (κ2) is 8.35. The molecule has 186 valence electrons. The maximum atomic E-state index is 13.4. The van der Waals surface area contributed by atoms with Crippen LogP contribution in [0.2, 0.25) is 0 Å². The number of fused-ring (bicyclic) bond motifs is 2. The second-order valence-electron chi connectivity index (χ2n) is 9.94. The number of benzene rings is 1. The van der Waals surface area contributed by atoms with Gasteiger partial charge in [-0.2, -0.15) is 0 Å². The van der Waals surface area contributed by atoms with Crippen LogP contribution in [0.3, 0.4) is 0 Å². The van der Waals surface area contributed by atoms with E-state index in [4.69, 9.17) is 4.42 Å². The third-order valence-electron chi connectivity index (χ3n) is 7.66. The second-order valence-corrected chi connectivity index (χ2v) is 9.94. The molecule has 1 saturated carbocycles. The number of anilines is 2. The highest BCUT2D eigenvalue weighted by atomic mass is 19.2. The third-order valence-corrected chi connectivity index (χ3v) is 7.66. The predicted octanol–water partition coefficient (Wildman–Crippen LogP) is 3.81. The fraction of sp³-hybridized carbons (Fsp3) is 0.400. The van der Waals surface area contributed by atoms with E-state index in [0.717, 1.165) is 50.1 Å². The normalized spacial score (nSPS) is 26.3. The summed E-state index contributed by atoms with van der Waals surface area (Å²) in [6.07, 6.45) is 6.22. The number of pyridine rings is 1. The Morgan fingerprint density at radius 2 is 1.86 bits per heavy atom. The van der Waals surface area contributed by atoms with Crippen molar-refractivity contribution in [3.05, 3.63) is 65.5 Å². The highest BCUT2D eigenvalue weighted by Crippen LogP contribution is 2.64. The maximum Gasteiger partial charge on any atom is 0.313 e. The molecule has 2 N–H and O–H groups in total. The van der Waals surface area contributed by atoms with E-state index >= 15 is 0 Å². The summed E-state index contributed by atoms with van der Waals surface area (Å²) in [5.74, 6) is -2.77. The van der Waals surface area contributed by atoms with Crippen molar-refractivity contribution in [2.24, 2.45) is 11.3 Å². The van der Waals surface area contributed by atoms with Crippen molar-refractivity contribution < 1.29 is 27.9 Å². The minimum Gasteiger partial charge on any atom is -0.481 e. The van der Waals surface area contributed by atoms with Gasteiger partial charge in [0.1, 0.15) is 5.82 Å². The molecule has 4 heterocycles. The highest BCUT2D eigenvalue weighted by Gasteiger charge is 2.64. The van der Waals surface area contributed by atoms with Gasteiger partial charge in [0.25, 0.3) is 0 Å². The number of aliphatic carboxylic acids is 1. The van der Waals surface area contributed by atoms with Crippen LogP contribution in [0.25, 0.3) is 0 Å². The number of halogens is 2. The lowest BCUT2D eigenvalue weighted by Crippen LogP contribution is -2.45. The molecule has 2 aromatic heterocycles. The molecule has 2 bridgehead atoms. The number of rotatable bonds is 6. The smallest absolute Gasteiger partial charge is 0.313 e. The molecule has 1 amide bonds. The summed E-state index contributed by atoms with van der Waals surface area (Å²) >= 11 is 0. The van der Waals surface area contributed by atoms with E-state index < -0.39 is 23.5 Å². The van der Waals surface area contributed by atoms with E-state index in [-0.39, 0.29) is 41.6 Å². The average Bonchev–Trinajstić information content (AvgIpc) is 3.19. The summed E-state index contributed by atoms with van der Waals surface area (Å²) in [5, 5.41) is 19.6. The van der Waals surface area contributed by atoms with E-state index in [9.17, 15) is 23.5 Å². The van der Waals surface area contributed by atoms with Gasteiger partial charge in [-0.3, -0.25) is 9.59 Å². The van der Waals surface area contributed by atoms with Crippen LogP contribution in [-0.2, 0) is 11.2 Å². The topological polar surface area (TPSA) is 121 Å². The van der Waals surface area contributed by atoms with Crippen molar-refractivity contribution in [2.75, 3.05) is 10.2 Å². The van der Waals surface area contributed by atoms with Gasteiger partial charge < -0.3 is 19.7 Å². The fourth-order valence-corrected chi connectivity index (χ4v) is 5.94. The summed E-state index contributed by atoms with van der Waals surface area (Å²) in [5.41, 5.74) is 0.843. The number of hydrogen-bond acceptors (Lipinski definition) is 7. The van der Waals surface area contributed by atoms with Crippen molar-refractivity contribution in [3.8, 4) is 0 Å². The zero-order valence-corrected chi connectivity index (χ0v) is 19.2. The monoisotopic (exact) mass is 495 g/mol. The van der Waals surface area contributed by atoms with Gasteiger partial charge in [-0.05, 0) is 67.3 Å². The first-order valence-corrected chi connectivity index (χ1v) is 11.9. The van der Waals surface area contributed by atoms with Crippen LogP contribution in [0, 0.1) is 23.0 Å². The number of amides is 1. The molecule has 0 radical (unpaired) electrons. The molecule has 2 saturated heterocycles. The zero-order valence-electron chi connectivity index (χ0n) is 19.2. The Hall–Kier alpha value is -3.89. The van der Waals surface area contributed by atoms with E-state index in [1.807, 2.05) is 6.07 Å². The third kappa shape index (κ3) is 3.98. The highest BCUT2D eigenvalue weighted by molar-refractivity contribution is 6.00.